The number of epoxide rings is 1. The van der Waals surface area contributed by atoms with Crippen molar-refractivity contribution in [1.82, 2.24) is 0 Å². The smallest absolute Gasteiger partial charge is 0.171 e. The molecule has 0 radical (unpaired) electrons. The molecule has 0 bridgehead atoms. The van der Waals surface area contributed by atoms with E-state index in [0.717, 1.165) is 32.2 Å². The molecule has 4 rings (SSSR count). The molecule has 2 aliphatic heterocycles. The fourth-order valence-electron chi connectivity index (χ4n) is 3.97. The average Bonchev–Trinajstić information content (AvgIpc) is 2.62. The van der Waals surface area contributed by atoms with Gasteiger partial charge in [0.05, 0.1) is 25.4 Å². The number of ether oxygens (including phenoxy) is 3. The van der Waals surface area contributed by atoms with Crippen molar-refractivity contribution in [2.75, 3.05) is 19.8 Å². The Morgan fingerprint density at radius 3 is 2.29 bits per heavy atom. The van der Waals surface area contributed by atoms with E-state index in [4.69, 9.17) is 14.2 Å². The number of hydrogen-bond donors (Lipinski definition) is 0. The van der Waals surface area contributed by atoms with E-state index in [1.807, 2.05) is 0 Å². The van der Waals surface area contributed by atoms with E-state index in [1.165, 1.54) is 19.3 Å². The fourth-order valence-corrected chi connectivity index (χ4v) is 3.97. The highest BCUT2D eigenvalue weighted by Crippen LogP contribution is 2.62. The molecule has 0 aromatic heterocycles. The molecule has 4 fully saturated rings. The predicted octanol–water partition coefficient (Wildman–Crippen LogP) is 1.32. The summed E-state index contributed by atoms with van der Waals surface area (Å²) in [4.78, 5) is 0. The summed E-state index contributed by atoms with van der Waals surface area (Å²) in [7, 11) is 0. The lowest BCUT2D eigenvalue weighted by atomic mass is 9.91. The molecular formula is C11H16O3. The minimum atomic E-state index is -0.194. The summed E-state index contributed by atoms with van der Waals surface area (Å²) in [5.74, 6) is 1.15. The number of hydrogen-bond acceptors (Lipinski definition) is 3. The van der Waals surface area contributed by atoms with Gasteiger partial charge in [-0.15, -0.1) is 0 Å². The normalized spacial score (nSPS) is 53.1. The van der Waals surface area contributed by atoms with Gasteiger partial charge in [-0.25, -0.2) is 0 Å². The molecule has 0 unspecified atom stereocenters. The summed E-state index contributed by atoms with van der Waals surface area (Å²) in [5.41, 5.74) is 0.267. The Balaban J connectivity index is 1.67. The Morgan fingerprint density at radius 2 is 1.57 bits per heavy atom. The second-order valence-electron chi connectivity index (χ2n) is 5.15. The molecule has 2 heterocycles. The van der Waals surface area contributed by atoms with Crippen molar-refractivity contribution in [2.45, 2.75) is 37.1 Å². The number of fused-ring (bicyclic) bond motifs is 3. The summed E-state index contributed by atoms with van der Waals surface area (Å²) in [5, 5.41) is 0. The van der Waals surface area contributed by atoms with Gasteiger partial charge in [0.25, 0.3) is 0 Å². The van der Waals surface area contributed by atoms with Gasteiger partial charge >= 0.3 is 0 Å². The van der Waals surface area contributed by atoms with Gasteiger partial charge in [0.15, 0.2) is 5.79 Å². The van der Waals surface area contributed by atoms with Crippen LogP contribution in [0.15, 0.2) is 0 Å². The first-order valence-electron chi connectivity index (χ1n) is 5.77. The maximum atomic E-state index is 5.86. The molecular weight excluding hydrogens is 180 g/mol. The van der Waals surface area contributed by atoms with E-state index in [1.54, 1.807) is 0 Å². The van der Waals surface area contributed by atoms with Gasteiger partial charge in [0.2, 0.25) is 0 Å². The Bertz CT molecular complexity index is 266. The van der Waals surface area contributed by atoms with Crippen LogP contribution in [-0.2, 0) is 14.2 Å². The highest BCUT2D eigenvalue weighted by molar-refractivity contribution is 5.13. The molecule has 2 spiro atoms. The van der Waals surface area contributed by atoms with Crippen molar-refractivity contribution in [1.29, 1.82) is 0 Å². The van der Waals surface area contributed by atoms with E-state index in [9.17, 15) is 0 Å². The summed E-state index contributed by atoms with van der Waals surface area (Å²) >= 11 is 0. The maximum Gasteiger partial charge on any atom is 0.171 e. The highest BCUT2D eigenvalue weighted by Gasteiger charge is 2.67. The highest BCUT2D eigenvalue weighted by atomic mass is 16.7. The van der Waals surface area contributed by atoms with Crippen LogP contribution in [0.25, 0.3) is 0 Å². The molecule has 78 valence electrons. The lowest BCUT2D eigenvalue weighted by molar-refractivity contribution is -0.183. The topological polar surface area (TPSA) is 31.0 Å². The molecule has 0 N–H and O–H groups in total. The summed E-state index contributed by atoms with van der Waals surface area (Å²) < 4.78 is 17.4. The molecule has 2 aliphatic carbocycles. The van der Waals surface area contributed by atoms with Gasteiger partial charge in [-0.3, -0.25) is 0 Å². The van der Waals surface area contributed by atoms with Crippen molar-refractivity contribution in [3.05, 3.63) is 0 Å². The van der Waals surface area contributed by atoms with Crippen LogP contribution in [-0.4, -0.2) is 31.2 Å². The van der Waals surface area contributed by atoms with E-state index < -0.39 is 0 Å². The third kappa shape index (κ3) is 0.802. The van der Waals surface area contributed by atoms with E-state index >= 15 is 0 Å². The SMILES string of the molecule is C1COC2(CC[C@H]3[C@@H]2CC[C@]32CO2)O1. The molecule has 4 aliphatic rings. The van der Waals surface area contributed by atoms with Crippen molar-refractivity contribution < 1.29 is 14.2 Å². The van der Waals surface area contributed by atoms with E-state index in [0.29, 0.717) is 5.92 Å². The number of rotatable bonds is 0. The lowest BCUT2D eigenvalue weighted by Crippen LogP contribution is -2.35. The Hall–Kier alpha value is -0.120. The first-order chi connectivity index (χ1) is 6.85. The Morgan fingerprint density at radius 1 is 0.857 bits per heavy atom. The zero-order valence-corrected chi connectivity index (χ0v) is 8.33. The largest absolute Gasteiger partial charge is 0.369 e. The maximum absolute atomic E-state index is 5.86. The first kappa shape index (κ1) is 8.08. The first-order valence-corrected chi connectivity index (χ1v) is 5.77. The third-order valence-electron chi connectivity index (χ3n) is 4.70. The molecule has 0 aromatic carbocycles. The fraction of sp³-hybridized carbons (Fsp3) is 1.00. The Kier molecular flexibility index (Phi) is 1.35. The van der Waals surface area contributed by atoms with E-state index in [-0.39, 0.29) is 11.4 Å². The average molecular weight is 196 g/mol. The van der Waals surface area contributed by atoms with Crippen LogP contribution in [0.3, 0.4) is 0 Å². The Labute approximate surface area is 83.7 Å². The molecule has 2 saturated carbocycles. The molecule has 3 heteroatoms. The summed E-state index contributed by atoms with van der Waals surface area (Å²) in [6.45, 7) is 2.57. The molecule has 3 atom stereocenters. The van der Waals surface area contributed by atoms with Crippen LogP contribution >= 0.6 is 0 Å². The van der Waals surface area contributed by atoms with Crippen LogP contribution < -0.4 is 0 Å². The quantitative estimate of drug-likeness (QED) is 0.547. The second kappa shape index (κ2) is 2.34. The van der Waals surface area contributed by atoms with Gasteiger partial charge in [0.1, 0.15) is 0 Å². The van der Waals surface area contributed by atoms with E-state index in [2.05, 4.69) is 0 Å². The summed E-state index contributed by atoms with van der Waals surface area (Å²) in [6.07, 6.45) is 4.81. The van der Waals surface area contributed by atoms with Crippen molar-refractivity contribution in [2.24, 2.45) is 11.8 Å². The van der Waals surface area contributed by atoms with Crippen LogP contribution in [0, 0.1) is 11.8 Å². The van der Waals surface area contributed by atoms with Crippen LogP contribution in [0.1, 0.15) is 25.7 Å². The monoisotopic (exact) mass is 196 g/mol. The van der Waals surface area contributed by atoms with Gasteiger partial charge in [-0.1, -0.05) is 0 Å². The zero-order valence-electron chi connectivity index (χ0n) is 8.33. The standard InChI is InChI=1S/C11H16O3/c1-3-10(7-14-10)8-2-4-11(9(1)8)12-5-6-13-11/h8-9H,1-7H2/t8-,9-,10-/m0/s1. The van der Waals surface area contributed by atoms with Crippen molar-refractivity contribution in [3.8, 4) is 0 Å². The third-order valence-corrected chi connectivity index (χ3v) is 4.70. The van der Waals surface area contributed by atoms with Gasteiger partial charge < -0.3 is 14.2 Å². The van der Waals surface area contributed by atoms with Crippen LogP contribution in [0.5, 0.6) is 0 Å². The predicted molar refractivity (Wildman–Crippen MR) is 48.8 cm³/mol. The summed E-state index contributed by atoms with van der Waals surface area (Å²) in [6, 6.07) is 0. The minimum Gasteiger partial charge on any atom is -0.369 e. The van der Waals surface area contributed by atoms with Gasteiger partial charge in [-0.05, 0) is 25.2 Å². The molecule has 2 saturated heterocycles. The van der Waals surface area contributed by atoms with Crippen molar-refractivity contribution >= 4 is 0 Å². The van der Waals surface area contributed by atoms with Gasteiger partial charge in [-0.2, -0.15) is 0 Å². The molecule has 14 heavy (non-hydrogen) atoms. The molecule has 3 nitrogen and oxygen atoms in total. The molecule has 0 amide bonds. The zero-order chi connectivity index (χ0) is 9.23. The van der Waals surface area contributed by atoms with Crippen molar-refractivity contribution in [3.63, 3.8) is 0 Å². The molecule has 0 aromatic rings. The van der Waals surface area contributed by atoms with Gasteiger partial charge in [0, 0.05) is 12.3 Å². The van der Waals surface area contributed by atoms with Crippen LogP contribution in [0.2, 0.25) is 0 Å². The minimum absolute atomic E-state index is 0.194. The van der Waals surface area contributed by atoms with Crippen LogP contribution in [0.4, 0.5) is 0 Å². The lowest BCUT2D eigenvalue weighted by Gasteiger charge is -2.28. The second-order valence-corrected chi connectivity index (χ2v) is 5.15.